The van der Waals surface area contributed by atoms with E-state index in [0.717, 1.165) is 43.9 Å². The molecule has 0 spiro atoms. The second kappa shape index (κ2) is 11.3. The van der Waals surface area contributed by atoms with E-state index >= 15 is 0 Å². The zero-order chi connectivity index (χ0) is 17.6. The predicted molar refractivity (Wildman–Crippen MR) is 116 cm³/mol. The van der Waals surface area contributed by atoms with Crippen molar-refractivity contribution in [2.75, 3.05) is 13.1 Å². The Hall–Kier alpha value is -1.59. The van der Waals surface area contributed by atoms with Gasteiger partial charge < -0.3 is 10.6 Å². The zero-order valence-corrected chi connectivity index (χ0v) is 17.6. The third kappa shape index (κ3) is 6.22. The van der Waals surface area contributed by atoms with E-state index in [1.807, 2.05) is 18.2 Å². The third-order valence-corrected chi connectivity index (χ3v) is 4.88. The first-order chi connectivity index (χ1) is 12.2. The lowest BCUT2D eigenvalue weighted by Crippen LogP contribution is -2.23. The molecule has 1 aliphatic heterocycles. The van der Waals surface area contributed by atoms with E-state index in [9.17, 15) is 4.79 Å². The molecule has 0 fully saturated rings. The normalized spacial score (nSPS) is 12.1. The van der Waals surface area contributed by atoms with Crippen LogP contribution in [0.4, 0.5) is 0 Å². The van der Waals surface area contributed by atoms with Crippen molar-refractivity contribution in [1.82, 2.24) is 15.5 Å². The van der Waals surface area contributed by atoms with Crippen LogP contribution in [0.3, 0.4) is 0 Å². The van der Waals surface area contributed by atoms with Crippen molar-refractivity contribution >= 4 is 30.7 Å². The van der Waals surface area contributed by atoms with Crippen molar-refractivity contribution in [2.24, 2.45) is 0 Å². The number of amides is 1. The van der Waals surface area contributed by atoms with Crippen LogP contribution in [0.5, 0.6) is 0 Å². The van der Waals surface area contributed by atoms with Gasteiger partial charge in [0.1, 0.15) is 0 Å². The molecule has 3 rings (SSSR count). The number of nitrogens with zero attached hydrogens (tertiary/aromatic N) is 1. The minimum atomic E-state index is -0.0121. The van der Waals surface area contributed by atoms with Gasteiger partial charge in [0.2, 0.25) is 0 Å². The molecule has 6 heteroatoms. The van der Waals surface area contributed by atoms with Crippen molar-refractivity contribution < 1.29 is 4.79 Å². The molecular formula is C21H29Cl2N3O. The van der Waals surface area contributed by atoms with E-state index < -0.39 is 0 Å². The van der Waals surface area contributed by atoms with Gasteiger partial charge in [-0.25, -0.2) is 0 Å². The lowest BCUT2D eigenvalue weighted by Gasteiger charge is -2.18. The van der Waals surface area contributed by atoms with E-state index in [2.05, 4.69) is 53.6 Å². The van der Waals surface area contributed by atoms with Gasteiger partial charge in [0.05, 0.1) is 0 Å². The lowest BCUT2D eigenvalue weighted by molar-refractivity contribution is 0.0951. The Kier molecular flexibility index (Phi) is 9.81. The minimum absolute atomic E-state index is 0. The summed E-state index contributed by atoms with van der Waals surface area (Å²) in [4.78, 5) is 14.8. The third-order valence-electron chi connectivity index (χ3n) is 4.88. The molecule has 1 amide bonds. The first-order valence-electron chi connectivity index (χ1n) is 9.10. The molecular weight excluding hydrogens is 381 g/mol. The Labute approximate surface area is 174 Å². The molecule has 2 aromatic rings. The summed E-state index contributed by atoms with van der Waals surface area (Å²) in [5.41, 5.74) is 5.69. The number of carbonyl (C=O) groups is 1. The molecule has 0 aliphatic carbocycles. The van der Waals surface area contributed by atoms with Gasteiger partial charge in [-0.15, -0.1) is 24.8 Å². The highest BCUT2D eigenvalue weighted by Gasteiger charge is 2.13. The number of benzene rings is 2. The Morgan fingerprint density at radius 3 is 2.26 bits per heavy atom. The summed E-state index contributed by atoms with van der Waals surface area (Å²) in [6.07, 6.45) is 0. The first kappa shape index (κ1) is 23.4. The summed E-state index contributed by atoms with van der Waals surface area (Å²) in [6.45, 7) is 9.77. The summed E-state index contributed by atoms with van der Waals surface area (Å²) >= 11 is 0. The predicted octanol–water partition coefficient (Wildman–Crippen LogP) is 3.91. The molecule has 0 saturated carbocycles. The Morgan fingerprint density at radius 1 is 0.963 bits per heavy atom. The highest BCUT2D eigenvalue weighted by Crippen LogP contribution is 2.17. The maximum Gasteiger partial charge on any atom is 0.251 e. The Bertz CT molecular complexity index is 731. The molecule has 2 N–H and O–H groups in total. The van der Waals surface area contributed by atoms with Gasteiger partial charge >= 0.3 is 0 Å². The van der Waals surface area contributed by atoms with Crippen molar-refractivity contribution in [1.29, 1.82) is 0 Å². The molecule has 0 atom stereocenters. The molecule has 0 unspecified atom stereocenters. The average Bonchev–Trinajstić information content (AvgIpc) is 3.12. The number of nitrogens with one attached hydrogen (secondary N) is 2. The van der Waals surface area contributed by atoms with Crippen LogP contribution in [0, 0.1) is 0 Å². The van der Waals surface area contributed by atoms with E-state index in [4.69, 9.17) is 0 Å². The zero-order valence-electron chi connectivity index (χ0n) is 16.0. The van der Waals surface area contributed by atoms with Crippen LogP contribution in [0.15, 0.2) is 42.5 Å². The van der Waals surface area contributed by atoms with Crippen molar-refractivity contribution in [2.45, 2.75) is 40.0 Å². The van der Waals surface area contributed by atoms with Crippen LogP contribution in [0.1, 0.15) is 46.5 Å². The van der Waals surface area contributed by atoms with Crippen LogP contribution in [-0.2, 0) is 26.2 Å². The number of rotatable bonds is 7. The maximum absolute atomic E-state index is 12.4. The maximum atomic E-state index is 12.4. The van der Waals surface area contributed by atoms with Gasteiger partial charge in [0, 0.05) is 31.7 Å². The summed E-state index contributed by atoms with van der Waals surface area (Å²) in [5.74, 6) is -0.0121. The quantitative estimate of drug-likeness (QED) is 0.728. The summed E-state index contributed by atoms with van der Waals surface area (Å²) in [6, 6.07) is 14.5. The molecule has 148 valence electrons. The molecule has 0 bridgehead atoms. The summed E-state index contributed by atoms with van der Waals surface area (Å²) in [5, 5.41) is 6.32. The standard InChI is InChI=1S/C21H27N3O.2ClH/c1-3-24(4-2)15-17-7-5-16(6-8-17)12-23-21(25)18-9-10-19-13-22-14-20(19)11-18;;/h5-11,22H,3-4,12-15H2,1-2H3,(H,23,25);2*1H. The van der Waals surface area contributed by atoms with Crippen molar-refractivity contribution in [3.8, 4) is 0 Å². The fraction of sp³-hybridized carbons (Fsp3) is 0.381. The second-order valence-electron chi connectivity index (χ2n) is 6.55. The van der Waals surface area contributed by atoms with E-state index in [-0.39, 0.29) is 30.7 Å². The van der Waals surface area contributed by atoms with Gasteiger partial charge in [-0.2, -0.15) is 0 Å². The van der Waals surface area contributed by atoms with Gasteiger partial charge in [0.15, 0.2) is 0 Å². The number of hydrogen-bond acceptors (Lipinski definition) is 3. The van der Waals surface area contributed by atoms with Gasteiger partial charge in [-0.3, -0.25) is 9.69 Å². The first-order valence-corrected chi connectivity index (χ1v) is 9.10. The fourth-order valence-corrected chi connectivity index (χ4v) is 3.19. The molecule has 1 aliphatic rings. The highest BCUT2D eigenvalue weighted by molar-refractivity contribution is 5.94. The molecule has 1 heterocycles. The SMILES string of the molecule is CCN(CC)Cc1ccc(CNC(=O)c2ccc3c(c2)CNC3)cc1.Cl.Cl. The molecule has 0 saturated heterocycles. The average molecular weight is 410 g/mol. The molecule has 0 aromatic heterocycles. The van der Waals surface area contributed by atoms with E-state index in [1.165, 1.54) is 16.7 Å². The van der Waals surface area contributed by atoms with E-state index in [1.54, 1.807) is 0 Å². The van der Waals surface area contributed by atoms with Gasteiger partial charge in [-0.1, -0.05) is 44.2 Å². The van der Waals surface area contributed by atoms with Crippen molar-refractivity contribution in [3.63, 3.8) is 0 Å². The monoisotopic (exact) mass is 409 g/mol. The van der Waals surface area contributed by atoms with Crippen LogP contribution in [0.25, 0.3) is 0 Å². The molecule has 4 nitrogen and oxygen atoms in total. The summed E-state index contributed by atoms with van der Waals surface area (Å²) < 4.78 is 0. The summed E-state index contributed by atoms with van der Waals surface area (Å²) in [7, 11) is 0. The van der Waals surface area contributed by atoms with E-state index in [0.29, 0.717) is 6.54 Å². The smallest absolute Gasteiger partial charge is 0.251 e. The van der Waals surface area contributed by atoms with Crippen LogP contribution in [-0.4, -0.2) is 23.9 Å². The number of fused-ring (bicyclic) bond motifs is 1. The lowest BCUT2D eigenvalue weighted by atomic mass is 10.1. The topological polar surface area (TPSA) is 44.4 Å². The largest absolute Gasteiger partial charge is 0.348 e. The number of halogens is 2. The fourth-order valence-electron chi connectivity index (χ4n) is 3.19. The molecule has 0 radical (unpaired) electrons. The number of carbonyl (C=O) groups excluding carboxylic acids is 1. The van der Waals surface area contributed by atoms with Crippen LogP contribution >= 0.6 is 24.8 Å². The minimum Gasteiger partial charge on any atom is -0.348 e. The second-order valence-corrected chi connectivity index (χ2v) is 6.55. The highest BCUT2D eigenvalue weighted by atomic mass is 35.5. The van der Waals surface area contributed by atoms with Gasteiger partial charge in [0.25, 0.3) is 5.91 Å². The van der Waals surface area contributed by atoms with Gasteiger partial charge in [-0.05, 0) is 47.5 Å². The van der Waals surface area contributed by atoms with Crippen LogP contribution < -0.4 is 10.6 Å². The molecule has 2 aromatic carbocycles. The Morgan fingerprint density at radius 2 is 1.59 bits per heavy atom. The Balaban J connectivity index is 0.00000182. The molecule has 27 heavy (non-hydrogen) atoms. The van der Waals surface area contributed by atoms with Crippen molar-refractivity contribution in [3.05, 3.63) is 70.3 Å². The number of hydrogen-bond donors (Lipinski definition) is 2. The van der Waals surface area contributed by atoms with Crippen LogP contribution in [0.2, 0.25) is 0 Å².